The fourth-order valence-electron chi connectivity index (χ4n) is 3.14. The number of nitrogens with two attached hydrogens (primary N) is 1. The van der Waals surface area contributed by atoms with E-state index in [0.29, 0.717) is 10.0 Å². The van der Waals surface area contributed by atoms with Crippen molar-refractivity contribution in [2.75, 3.05) is 0 Å². The average molecular weight is 309 g/mol. The monoisotopic (exact) mass is 308 g/mol. The summed E-state index contributed by atoms with van der Waals surface area (Å²) in [7, 11) is 0. The minimum Gasteiger partial charge on any atom is -0.324 e. The Labute approximate surface area is 129 Å². The summed E-state index contributed by atoms with van der Waals surface area (Å²) in [6.07, 6.45) is 4.04. The summed E-state index contributed by atoms with van der Waals surface area (Å²) < 4.78 is 2.13. The lowest BCUT2D eigenvalue weighted by molar-refractivity contribution is 0.278. The van der Waals surface area contributed by atoms with Gasteiger partial charge in [-0.2, -0.15) is 0 Å². The van der Waals surface area contributed by atoms with Crippen LogP contribution in [0.5, 0.6) is 0 Å². The normalized spacial score (nSPS) is 20.8. The summed E-state index contributed by atoms with van der Waals surface area (Å²) in [4.78, 5) is 0. The molecule has 0 fully saturated rings. The lowest BCUT2D eigenvalue weighted by atomic mass is 9.74. The van der Waals surface area contributed by atoms with Crippen molar-refractivity contribution in [1.29, 1.82) is 0 Å². The summed E-state index contributed by atoms with van der Waals surface area (Å²) in [5.41, 5.74) is 9.90. The van der Waals surface area contributed by atoms with Gasteiger partial charge in [-0.1, -0.05) is 43.1 Å². The zero-order valence-corrected chi connectivity index (χ0v) is 13.2. The van der Waals surface area contributed by atoms with Gasteiger partial charge in [-0.15, -0.1) is 0 Å². The molecule has 1 aliphatic carbocycles. The van der Waals surface area contributed by atoms with Crippen molar-refractivity contribution in [3.8, 4) is 5.69 Å². The van der Waals surface area contributed by atoms with E-state index in [9.17, 15) is 0 Å². The highest BCUT2D eigenvalue weighted by atomic mass is 35.5. The molecule has 1 aromatic carbocycles. The van der Waals surface area contributed by atoms with Crippen LogP contribution in [0.1, 0.15) is 37.6 Å². The number of benzene rings is 1. The Morgan fingerprint density at radius 3 is 2.75 bits per heavy atom. The predicted octanol–water partition coefficient (Wildman–Crippen LogP) is 4.76. The van der Waals surface area contributed by atoms with Crippen LogP contribution < -0.4 is 5.73 Å². The molecule has 1 aromatic heterocycles. The van der Waals surface area contributed by atoms with Crippen LogP contribution in [0.4, 0.5) is 0 Å². The topological polar surface area (TPSA) is 30.9 Å². The standard InChI is InChI=1S/C16H18Cl2N2/c1-16(2)8-12(19)10-6-7-20(14(10)9-16)13-5-3-4-11(17)15(13)18/h3-7,12H,8-9,19H2,1-2H3. The lowest BCUT2D eigenvalue weighted by Gasteiger charge is -2.34. The molecule has 0 saturated heterocycles. The molecule has 0 radical (unpaired) electrons. The second-order valence-electron chi connectivity index (χ2n) is 6.31. The highest BCUT2D eigenvalue weighted by molar-refractivity contribution is 6.43. The maximum absolute atomic E-state index is 6.35. The zero-order chi connectivity index (χ0) is 14.5. The molecule has 0 bridgehead atoms. The minimum atomic E-state index is 0.0907. The first-order valence-corrected chi connectivity index (χ1v) is 7.55. The molecule has 2 aromatic rings. The second-order valence-corrected chi connectivity index (χ2v) is 7.10. The van der Waals surface area contributed by atoms with Gasteiger partial charge in [0, 0.05) is 17.9 Å². The molecule has 3 rings (SSSR count). The van der Waals surface area contributed by atoms with E-state index in [1.54, 1.807) is 6.07 Å². The molecule has 106 valence electrons. The van der Waals surface area contributed by atoms with Crippen LogP contribution in [0.25, 0.3) is 5.69 Å². The first-order valence-electron chi connectivity index (χ1n) is 6.79. The lowest BCUT2D eigenvalue weighted by Crippen LogP contribution is -2.30. The first kappa shape index (κ1) is 14.0. The van der Waals surface area contributed by atoms with E-state index < -0.39 is 0 Å². The van der Waals surface area contributed by atoms with E-state index in [4.69, 9.17) is 28.9 Å². The third-order valence-corrected chi connectivity index (χ3v) is 4.84. The molecule has 2 nitrogen and oxygen atoms in total. The molecule has 4 heteroatoms. The maximum Gasteiger partial charge on any atom is 0.0832 e. The fourth-order valence-corrected chi connectivity index (χ4v) is 3.53. The number of aromatic nitrogens is 1. The fraction of sp³-hybridized carbons (Fsp3) is 0.375. The smallest absolute Gasteiger partial charge is 0.0832 e. The Balaban J connectivity index is 2.16. The Morgan fingerprint density at radius 1 is 1.25 bits per heavy atom. The van der Waals surface area contributed by atoms with Gasteiger partial charge in [0.1, 0.15) is 0 Å². The van der Waals surface area contributed by atoms with Gasteiger partial charge in [0.25, 0.3) is 0 Å². The average Bonchev–Trinajstić information content (AvgIpc) is 2.75. The van der Waals surface area contributed by atoms with E-state index in [1.807, 2.05) is 18.3 Å². The summed E-state index contributed by atoms with van der Waals surface area (Å²) in [6, 6.07) is 7.91. The highest BCUT2D eigenvalue weighted by Crippen LogP contribution is 2.41. The van der Waals surface area contributed by atoms with Gasteiger partial charge < -0.3 is 10.3 Å². The summed E-state index contributed by atoms with van der Waals surface area (Å²) in [5.74, 6) is 0. The Morgan fingerprint density at radius 2 is 2.00 bits per heavy atom. The quantitative estimate of drug-likeness (QED) is 0.809. The molecule has 0 aliphatic heterocycles. The number of halogens is 2. The van der Waals surface area contributed by atoms with E-state index in [0.717, 1.165) is 18.5 Å². The number of fused-ring (bicyclic) bond motifs is 1. The largest absolute Gasteiger partial charge is 0.324 e. The van der Waals surface area contributed by atoms with Crippen LogP contribution in [0.3, 0.4) is 0 Å². The summed E-state index contributed by atoms with van der Waals surface area (Å²) in [6.45, 7) is 4.51. The van der Waals surface area contributed by atoms with Gasteiger partial charge in [0.05, 0.1) is 15.7 Å². The molecule has 0 saturated carbocycles. The first-order chi connectivity index (χ1) is 9.39. The molecule has 1 unspecified atom stereocenters. The van der Waals surface area contributed by atoms with Crippen molar-refractivity contribution in [2.24, 2.45) is 11.1 Å². The molecule has 0 spiro atoms. The van der Waals surface area contributed by atoms with Crippen LogP contribution in [0.2, 0.25) is 10.0 Å². The Hall–Kier alpha value is -0.960. The van der Waals surface area contributed by atoms with Gasteiger partial charge in [-0.25, -0.2) is 0 Å². The molecular weight excluding hydrogens is 291 g/mol. The number of rotatable bonds is 1. The maximum atomic E-state index is 6.35. The molecule has 1 heterocycles. The van der Waals surface area contributed by atoms with Gasteiger partial charge in [-0.3, -0.25) is 0 Å². The Kier molecular flexibility index (Phi) is 3.36. The molecular formula is C16H18Cl2N2. The highest BCUT2D eigenvalue weighted by Gasteiger charge is 2.32. The van der Waals surface area contributed by atoms with Crippen LogP contribution in [0, 0.1) is 5.41 Å². The van der Waals surface area contributed by atoms with Crippen LogP contribution in [-0.2, 0) is 6.42 Å². The Bertz CT molecular complexity index is 658. The zero-order valence-electron chi connectivity index (χ0n) is 11.7. The third-order valence-electron chi connectivity index (χ3n) is 4.04. The molecule has 0 amide bonds. The molecule has 20 heavy (non-hydrogen) atoms. The van der Waals surface area contributed by atoms with E-state index in [1.165, 1.54) is 11.3 Å². The molecule has 2 N–H and O–H groups in total. The summed E-state index contributed by atoms with van der Waals surface area (Å²) >= 11 is 12.5. The number of nitrogens with zero attached hydrogens (tertiary/aromatic N) is 1. The van der Waals surface area contributed by atoms with E-state index >= 15 is 0 Å². The van der Waals surface area contributed by atoms with Crippen molar-refractivity contribution in [3.05, 3.63) is 51.8 Å². The van der Waals surface area contributed by atoms with Crippen molar-refractivity contribution in [3.63, 3.8) is 0 Å². The van der Waals surface area contributed by atoms with Crippen LogP contribution in [0.15, 0.2) is 30.5 Å². The van der Waals surface area contributed by atoms with E-state index in [2.05, 4.69) is 24.5 Å². The molecule has 1 atom stereocenters. The van der Waals surface area contributed by atoms with Gasteiger partial charge >= 0.3 is 0 Å². The number of hydrogen-bond acceptors (Lipinski definition) is 1. The van der Waals surface area contributed by atoms with Crippen LogP contribution >= 0.6 is 23.2 Å². The van der Waals surface area contributed by atoms with Crippen LogP contribution in [-0.4, -0.2) is 4.57 Å². The van der Waals surface area contributed by atoms with E-state index in [-0.39, 0.29) is 11.5 Å². The van der Waals surface area contributed by atoms with Gasteiger partial charge in [0.15, 0.2) is 0 Å². The second kappa shape index (κ2) is 4.80. The van der Waals surface area contributed by atoms with Crippen molar-refractivity contribution in [2.45, 2.75) is 32.7 Å². The van der Waals surface area contributed by atoms with Crippen molar-refractivity contribution in [1.82, 2.24) is 4.57 Å². The minimum absolute atomic E-state index is 0.0907. The van der Waals surface area contributed by atoms with Gasteiger partial charge in [0.2, 0.25) is 0 Å². The van der Waals surface area contributed by atoms with Gasteiger partial charge in [-0.05, 0) is 42.0 Å². The van der Waals surface area contributed by atoms with Crippen molar-refractivity contribution < 1.29 is 0 Å². The predicted molar refractivity (Wildman–Crippen MR) is 84.8 cm³/mol. The number of hydrogen-bond donors (Lipinski definition) is 1. The summed E-state index contributed by atoms with van der Waals surface area (Å²) in [5, 5.41) is 1.16. The van der Waals surface area contributed by atoms with Crippen molar-refractivity contribution >= 4 is 23.2 Å². The third kappa shape index (κ3) is 2.26. The SMILES string of the molecule is CC1(C)Cc2c(ccn2-c2cccc(Cl)c2Cl)C(N)C1. The molecule has 1 aliphatic rings.